The van der Waals surface area contributed by atoms with Crippen LogP contribution in [-0.2, 0) is 0 Å². The fraction of sp³-hybridized carbons (Fsp3) is 0.333. The minimum atomic E-state index is -2.66. The average molecular weight is 189 g/mol. The number of hydrogen-bond acceptors (Lipinski definition) is 1. The number of anilines is 1. The quantitative estimate of drug-likeness (QED) is 0.675. The molecular weight excluding hydrogens is 179 g/mol. The molecule has 0 aliphatic rings. The number of aryl methyl sites for hydroxylation is 1. The Bertz CT molecular complexity index is 334. The Labute approximate surface area is 74.4 Å². The van der Waals surface area contributed by atoms with Gasteiger partial charge >= 0.3 is 0 Å². The molecule has 1 aromatic carbocycles. The van der Waals surface area contributed by atoms with Crippen LogP contribution in [0.1, 0.15) is 23.1 Å². The molecule has 0 aliphatic carbocycles. The fourth-order valence-electron chi connectivity index (χ4n) is 1.34. The largest absolute Gasteiger partial charge is 0.396 e. The Morgan fingerprint density at radius 1 is 1.31 bits per heavy atom. The normalized spacial score (nSPS) is 10.9. The molecule has 4 heteroatoms. The monoisotopic (exact) mass is 189 g/mol. The van der Waals surface area contributed by atoms with Crippen LogP contribution >= 0.6 is 0 Å². The van der Waals surface area contributed by atoms with Gasteiger partial charge in [-0.15, -0.1) is 0 Å². The highest BCUT2D eigenvalue weighted by Gasteiger charge is 2.18. The van der Waals surface area contributed by atoms with Gasteiger partial charge in [0.05, 0.1) is 5.69 Å². The van der Waals surface area contributed by atoms with E-state index in [0.29, 0.717) is 5.56 Å². The van der Waals surface area contributed by atoms with Crippen molar-refractivity contribution in [3.05, 3.63) is 28.6 Å². The van der Waals surface area contributed by atoms with Gasteiger partial charge in [-0.05, 0) is 31.0 Å². The van der Waals surface area contributed by atoms with E-state index in [2.05, 4.69) is 0 Å². The molecule has 0 amide bonds. The van der Waals surface area contributed by atoms with Crippen LogP contribution in [0.5, 0.6) is 0 Å². The first-order chi connectivity index (χ1) is 5.95. The maximum absolute atomic E-state index is 13.1. The second-order valence-corrected chi connectivity index (χ2v) is 2.94. The topological polar surface area (TPSA) is 26.0 Å². The summed E-state index contributed by atoms with van der Waals surface area (Å²) >= 11 is 0. The molecule has 0 saturated heterocycles. The second-order valence-electron chi connectivity index (χ2n) is 2.94. The van der Waals surface area contributed by atoms with Crippen LogP contribution in [0.25, 0.3) is 0 Å². The summed E-state index contributed by atoms with van der Waals surface area (Å²) in [5.41, 5.74) is 5.19. The third kappa shape index (κ3) is 1.61. The molecule has 1 nitrogen and oxygen atoms in total. The first kappa shape index (κ1) is 9.89. The van der Waals surface area contributed by atoms with E-state index in [0.717, 1.165) is 0 Å². The summed E-state index contributed by atoms with van der Waals surface area (Å²) in [4.78, 5) is 0. The van der Waals surface area contributed by atoms with Gasteiger partial charge in [-0.3, -0.25) is 0 Å². The van der Waals surface area contributed by atoms with Crippen molar-refractivity contribution >= 4 is 5.69 Å². The molecule has 13 heavy (non-hydrogen) atoms. The van der Waals surface area contributed by atoms with Gasteiger partial charge in [0.25, 0.3) is 6.43 Å². The lowest BCUT2D eigenvalue weighted by atomic mass is 10.0. The van der Waals surface area contributed by atoms with Crippen LogP contribution in [0.2, 0.25) is 0 Å². The van der Waals surface area contributed by atoms with Crippen LogP contribution in [0.15, 0.2) is 6.07 Å². The standard InChI is InChI=1S/C9H10F3N/c1-4-3-6(13)8(10)5(2)7(4)9(11)12/h3,9H,13H2,1-2H3. The van der Waals surface area contributed by atoms with E-state index in [1.54, 1.807) is 0 Å². The van der Waals surface area contributed by atoms with Crippen molar-refractivity contribution in [2.24, 2.45) is 0 Å². The molecular formula is C9H10F3N. The van der Waals surface area contributed by atoms with Gasteiger partial charge in [-0.1, -0.05) is 0 Å². The summed E-state index contributed by atoms with van der Waals surface area (Å²) in [6, 6.07) is 1.23. The number of benzene rings is 1. The maximum Gasteiger partial charge on any atom is 0.264 e. The zero-order valence-electron chi connectivity index (χ0n) is 7.37. The number of halogens is 3. The van der Waals surface area contributed by atoms with Gasteiger partial charge < -0.3 is 5.73 Å². The zero-order valence-corrected chi connectivity index (χ0v) is 7.37. The van der Waals surface area contributed by atoms with Crippen LogP contribution in [0.3, 0.4) is 0 Å². The molecule has 0 unspecified atom stereocenters. The van der Waals surface area contributed by atoms with Crippen molar-refractivity contribution in [1.82, 2.24) is 0 Å². The number of alkyl halides is 2. The van der Waals surface area contributed by atoms with Gasteiger partial charge in [0.1, 0.15) is 5.82 Å². The Hall–Kier alpha value is -1.19. The molecule has 1 rings (SSSR count). The molecule has 0 bridgehead atoms. The lowest BCUT2D eigenvalue weighted by Crippen LogP contribution is -2.01. The minimum absolute atomic E-state index is 0.0625. The lowest BCUT2D eigenvalue weighted by molar-refractivity contribution is 0.149. The molecule has 2 N–H and O–H groups in total. The van der Waals surface area contributed by atoms with E-state index >= 15 is 0 Å². The molecule has 0 fully saturated rings. The predicted molar refractivity (Wildman–Crippen MR) is 45.2 cm³/mol. The van der Waals surface area contributed by atoms with Gasteiger partial charge in [0.15, 0.2) is 0 Å². The summed E-state index contributed by atoms with van der Waals surface area (Å²) in [5.74, 6) is -0.749. The summed E-state index contributed by atoms with van der Waals surface area (Å²) in [7, 11) is 0. The van der Waals surface area contributed by atoms with E-state index in [-0.39, 0.29) is 16.8 Å². The fourth-order valence-corrected chi connectivity index (χ4v) is 1.34. The Morgan fingerprint density at radius 3 is 2.31 bits per heavy atom. The lowest BCUT2D eigenvalue weighted by Gasteiger charge is -2.11. The van der Waals surface area contributed by atoms with E-state index in [1.807, 2.05) is 0 Å². The summed E-state index contributed by atoms with van der Waals surface area (Å²) in [6.45, 7) is 2.80. The predicted octanol–water partition coefficient (Wildman–Crippen LogP) is 2.96. The van der Waals surface area contributed by atoms with E-state index < -0.39 is 12.2 Å². The van der Waals surface area contributed by atoms with Gasteiger partial charge in [0, 0.05) is 5.56 Å². The average Bonchev–Trinajstić information content (AvgIpc) is 1.99. The van der Waals surface area contributed by atoms with Crippen molar-refractivity contribution in [2.45, 2.75) is 20.3 Å². The second kappa shape index (κ2) is 3.28. The van der Waals surface area contributed by atoms with Crippen LogP contribution in [0, 0.1) is 19.7 Å². The molecule has 0 atom stereocenters. The van der Waals surface area contributed by atoms with Gasteiger partial charge in [-0.25, -0.2) is 13.2 Å². The highest BCUT2D eigenvalue weighted by molar-refractivity contribution is 5.50. The molecule has 0 heterocycles. The Balaban J connectivity index is 3.44. The summed E-state index contributed by atoms with van der Waals surface area (Å²) in [6.07, 6.45) is -2.66. The van der Waals surface area contributed by atoms with E-state index in [4.69, 9.17) is 5.73 Å². The van der Waals surface area contributed by atoms with Crippen LogP contribution in [-0.4, -0.2) is 0 Å². The molecule has 0 spiro atoms. The minimum Gasteiger partial charge on any atom is -0.396 e. The smallest absolute Gasteiger partial charge is 0.264 e. The first-order valence-electron chi connectivity index (χ1n) is 3.78. The molecule has 0 radical (unpaired) electrons. The Kier molecular flexibility index (Phi) is 2.50. The maximum atomic E-state index is 13.1. The molecule has 72 valence electrons. The van der Waals surface area contributed by atoms with Crippen LogP contribution < -0.4 is 5.73 Å². The van der Waals surface area contributed by atoms with Gasteiger partial charge in [0.2, 0.25) is 0 Å². The van der Waals surface area contributed by atoms with Crippen molar-refractivity contribution < 1.29 is 13.2 Å². The third-order valence-electron chi connectivity index (χ3n) is 2.00. The van der Waals surface area contributed by atoms with Gasteiger partial charge in [-0.2, -0.15) is 0 Å². The van der Waals surface area contributed by atoms with Crippen molar-refractivity contribution in [3.8, 4) is 0 Å². The Morgan fingerprint density at radius 2 is 1.85 bits per heavy atom. The number of nitrogen functional groups attached to an aromatic ring is 1. The van der Waals surface area contributed by atoms with Crippen molar-refractivity contribution in [3.63, 3.8) is 0 Å². The highest BCUT2D eigenvalue weighted by atomic mass is 19.3. The summed E-state index contributed by atoms with van der Waals surface area (Å²) < 4.78 is 37.9. The van der Waals surface area contributed by atoms with E-state index in [1.165, 1.54) is 19.9 Å². The number of rotatable bonds is 1. The highest BCUT2D eigenvalue weighted by Crippen LogP contribution is 2.30. The van der Waals surface area contributed by atoms with Crippen molar-refractivity contribution in [1.29, 1.82) is 0 Å². The zero-order chi connectivity index (χ0) is 10.2. The summed E-state index contributed by atoms with van der Waals surface area (Å²) in [5, 5.41) is 0. The van der Waals surface area contributed by atoms with E-state index in [9.17, 15) is 13.2 Å². The molecule has 0 saturated carbocycles. The molecule has 0 aliphatic heterocycles. The third-order valence-corrected chi connectivity index (χ3v) is 2.00. The molecule has 0 aromatic heterocycles. The molecule has 1 aromatic rings. The first-order valence-corrected chi connectivity index (χ1v) is 3.78. The van der Waals surface area contributed by atoms with Crippen molar-refractivity contribution in [2.75, 3.05) is 5.73 Å². The number of hydrogen-bond donors (Lipinski definition) is 1. The SMILES string of the molecule is Cc1cc(N)c(F)c(C)c1C(F)F. The van der Waals surface area contributed by atoms with Crippen LogP contribution in [0.4, 0.5) is 18.9 Å². The number of nitrogens with two attached hydrogens (primary N) is 1.